The maximum Gasteiger partial charge on any atom is 0.407 e. The number of carbonyl (C=O) groups is 1. The Bertz CT molecular complexity index is 209. The molecule has 1 aliphatic heterocycles. The highest BCUT2D eigenvalue weighted by Crippen LogP contribution is 2.25. The molecular weight excluding hydrogens is 154 g/mol. The van der Waals surface area contributed by atoms with Crippen LogP contribution in [0.5, 0.6) is 0 Å². The number of carbonyl (C=O) groups excluding carboxylic acids is 1. The number of nitrogens with one attached hydrogen (secondary N) is 1. The SMILES string of the molecule is C/C=C\C1NC(=O)OCC1(C)C. The summed E-state index contributed by atoms with van der Waals surface area (Å²) in [5, 5.41) is 2.76. The number of rotatable bonds is 1. The minimum absolute atomic E-state index is 0.0135. The number of hydrogen-bond donors (Lipinski definition) is 1. The molecular formula is C9H15NO2. The monoisotopic (exact) mass is 169 g/mol. The fourth-order valence-corrected chi connectivity index (χ4v) is 1.21. The minimum atomic E-state index is -0.322. The van der Waals surface area contributed by atoms with Crippen molar-refractivity contribution in [3.05, 3.63) is 12.2 Å². The van der Waals surface area contributed by atoms with E-state index in [9.17, 15) is 4.79 Å². The first-order valence-electron chi connectivity index (χ1n) is 4.12. The van der Waals surface area contributed by atoms with E-state index in [2.05, 4.69) is 19.2 Å². The van der Waals surface area contributed by atoms with Crippen molar-refractivity contribution in [2.24, 2.45) is 5.41 Å². The zero-order chi connectivity index (χ0) is 9.19. The van der Waals surface area contributed by atoms with Crippen LogP contribution in [0, 0.1) is 5.41 Å². The van der Waals surface area contributed by atoms with Crippen LogP contribution < -0.4 is 5.32 Å². The van der Waals surface area contributed by atoms with Crippen LogP contribution in [0.25, 0.3) is 0 Å². The number of alkyl carbamates (subject to hydrolysis) is 1. The molecule has 1 amide bonds. The van der Waals surface area contributed by atoms with E-state index < -0.39 is 0 Å². The van der Waals surface area contributed by atoms with Crippen LogP contribution in [-0.4, -0.2) is 18.7 Å². The van der Waals surface area contributed by atoms with Crippen LogP contribution in [0.15, 0.2) is 12.2 Å². The molecule has 1 atom stereocenters. The summed E-state index contributed by atoms with van der Waals surface area (Å²) in [6.07, 6.45) is 3.61. The van der Waals surface area contributed by atoms with Crippen LogP contribution in [0.2, 0.25) is 0 Å². The molecule has 1 saturated heterocycles. The van der Waals surface area contributed by atoms with Crippen LogP contribution in [0.1, 0.15) is 20.8 Å². The predicted octanol–water partition coefficient (Wildman–Crippen LogP) is 1.70. The Kier molecular flexibility index (Phi) is 2.40. The van der Waals surface area contributed by atoms with Crippen molar-refractivity contribution in [2.75, 3.05) is 6.61 Å². The van der Waals surface area contributed by atoms with Crippen LogP contribution >= 0.6 is 0 Å². The average Bonchev–Trinajstić information content (AvgIpc) is 1.98. The van der Waals surface area contributed by atoms with E-state index >= 15 is 0 Å². The zero-order valence-corrected chi connectivity index (χ0v) is 7.76. The molecule has 1 N–H and O–H groups in total. The highest BCUT2D eigenvalue weighted by molar-refractivity contribution is 5.69. The van der Waals surface area contributed by atoms with Gasteiger partial charge in [-0.1, -0.05) is 26.0 Å². The Balaban J connectivity index is 2.71. The predicted molar refractivity (Wildman–Crippen MR) is 46.9 cm³/mol. The Morgan fingerprint density at radius 2 is 2.33 bits per heavy atom. The Labute approximate surface area is 72.8 Å². The first-order valence-corrected chi connectivity index (χ1v) is 4.12. The summed E-state index contributed by atoms with van der Waals surface area (Å²) in [6, 6.07) is 0.0868. The molecule has 1 rings (SSSR count). The summed E-state index contributed by atoms with van der Waals surface area (Å²) < 4.78 is 4.89. The fourth-order valence-electron chi connectivity index (χ4n) is 1.21. The van der Waals surface area contributed by atoms with E-state index in [-0.39, 0.29) is 17.6 Å². The molecule has 12 heavy (non-hydrogen) atoms. The standard InChI is InChI=1S/C9H15NO2/c1-4-5-7-9(2,3)6-12-8(11)10-7/h4-5,7H,6H2,1-3H3,(H,10,11)/b5-4-. The maximum atomic E-state index is 10.9. The van der Waals surface area contributed by atoms with Gasteiger partial charge in [0.1, 0.15) is 6.61 Å². The van der Waals surface area contributed by atoms with Gasteiger partial charge in [0.25, 0.3) is 0 Å². The van der Waals surface area contributed by atoms with E-state index in [0.29, 0.717) is 6.61 Å². The maximum absolute atomic E-state index is 10.9. The summed E-state index contributed by atoms with van der Waals surface area (Å²) >= 11 is 0. The summed E-state index contributed by atoms with van der Waals surface area (Å²) in [5.74, 6) is 0. The second kappa shape index (κ2) is 3.17. The second-order valence-corrected chi connectivity index (χ2v) is 3.71. The Morgan fingerprint density at radius 1 is 1.67 bits per heavy atom. The Morgan fingerprint density at radius 3 is 2.92 bits per heavy atom. The molecule has 0 radical (unpaired) electrons. The molecule has 1 heterocycles. The number of ether oxygens (including phenoxy) is 1. The lowest BCUT2D eigenvalue weighted by Crippen LogP contribution is -2.51. The summed E-state index contributed by atoms with van der Waals surface area (Å²) in [6.45, 7) is 6.56. The minimum Gasteiger partial charge on any atom is -0.449 e. The van der Waals surface area contributed by atoms with Crippen molar-refractivity contribution in [3.63, 3.8) is 0 Å². The smallest absolute Gasteiger partial charge is 0.407 e. The van der Waals surface area contributed by atoms with Gasteiger partial charge in [-0.15, -0.1) is 0 Å². The Hall–Kier alpha value is -0.990. The molecule has 3 nitrogen and oxygen atoms in total. The van der Waals surface area contributed by atoms with Gasteiger partial charge in [-0.05, 0) is 6.92 Å². The van der Waals surface area contributed by atoms with E-state index in [4.69, 9.17) is 4.74 Å². The van der Waals surface area contributed by atoms with Crippen LogP contribution in [0.4, 0.5) is 4.79 Å². The van der Waals surface area contributed by atoms with Crippen LogP contribution in [0.3, 0.4) is 0 Å². The van der Waals surface area contributed by atoms with Crippen molar-refractivity contribution >= 4 is 6.09 Å². The van der Waals surface area contributed by atoms with E-state index in [1.807, 2.05) is 19.1 Å². The quantitative estimate of drug-likeness (QED) is 0.607. The molecule has 0 saturated carbocycles. The normalized spacial score (nSPS) is 28.2. The summed E-state index contributed by atoms with van der Waals surface area (Å²) in [7, 11) is 0. The van der Waals surface area contributed by atoms with Gasteiger partial charge in [0.2, 0.25) is 0 Å². The lowest BCUT2D eigenvalue weighted by atomic mass is 9.84. The summed E-state index contributed by atoms with van der Waals surface area (Å²) in [4.78, 5) is 10.9. The molecule has 1 aliphatic rings. The molecule has 0 aromatic carbocycles. The van der Waals surface area contributed by atoms with E-state index in [0.717, 1.165) is 0 Å². The lowest BCUT2D eigenvalue weighted by Gasteiger charge is -2.36. The molecule has 0 aromatic rings. The third kappa shape index (κ3) is 1.78. The van der Waals surface area contributed by atoms with Gasteiger partial charge in [-0.3, -0.25) is 0 Å². The van der Waals surface area contributed by atoms with Gasteiger partial charge in [-0.25, -0.2) is 4.79 Å². The molecule has 0 aliphatic carbocycles. The molecule has 1 fully saturated rings. The number of cyclic esters (lactones) is 1. The van der Waals surface area contributed by atoms with E-state index in [1.54, 1.807) is 0 Å². The third-order valence-corrected chi connectivity index (χ3v) is 2.08. The highest BCUT2D eigenvalue weighted by atomic mass is 16.6. The van der Waals surface area contributed by atoms with Crippen LogP contribution in [-0.2, 0) is 4.74 Å². The van der Waals surface area contributed by atoms with Crippen molar-refractivity contribution in [1.82, 2.24) is 5.32 Å². The molecule has 68 valence electrons. The molecule has 1 unspecified atom stereocenters. The van der Waals surface area contributed by atoms with Crippen molar-refractivity contribution in [1.29, 1.82) is 0 Å². The first-order chi connectivity index (χ1) is 5.56. The number of hydrogen-bond acceptors (Lipinski definition) is 2. The fraction of sp³-hybridized carbons (Fsp3) is 0.667. The lowest BCUT2D eigenvalue weighted by molar-refractivity contribution is 0.0516. The number of allylic oxidation sites excluding steroid dienone is 1. The van der Waals surface area contributed by atoms with Gasteiger partial charge in [0, 0.05) is 5.41 Å². The highest BCUT2D eigenvalue weighted by Gasteiger charge is 2.34. The van der Waals surface area contributed by atoms with Gasteiger partial charge in [-0.2, -0.15) is 0 Å². The summed E-state index contributed by atoms with van der Waals surface area (Å²) in [5.41, 5.74) is -0.0135. The van der Waals surface area contributed by atoms with Gasteiger partial charge in [0.15, 0.2) is 0 Å². The van der Waals surface area contributed by atoms with Crippen molar-refractivity contribution in [2.45, 2.75) is 26.8 Å². The average molecular weight is 169 g/mol. The van der Waals surface area contributed by atoms with Gasteiger partial charge >= 0.3 is 6.09 Å². The number of amides is 1. The molecule has 0 bridgehead atoms. The third-order valence-electron chi connectivity index (χ3n) is 2.08. The van der Waals surface area contributed by atoms with Crippen molar-refractivity contribution < 1.29 is 9.53 Å². The molecule has 0 aromatic heterocycles. The van der Waals surface area contributed by atoms with E-state index in [1.165, 1.54) is 0 Å². The topological polar surface area (TPSA) is 38.3 Å². The first kappa shape index (κ1) is 9.10. The van der Waals surface area contributed by atoms with Gasteiger partial charge in [0.05, 0.1) is 6.04 Å². The second-order valence-electron chi connectivity index (χ2n) is 3.71. The van der Waals surface area contributed by atoms with Crippen molar-refractivity contribution in [3.8, 4) is 0 Å². The largest absolute Gasteiger partial charge is 0.449 e. The van der Waals surface area contributed by atoms with Gasteiger partial charge < -0.3 is 10.1 Å². The zero-order valence-electron chi connectivity index (χ0n) is 7.76. The molecule has 0 spiro atoms. The molecule has 3 heteroatoms.